The highest BCUT2D eigenvalue weighted by atomic mass is 16.5. The zero-order valence-corrected chi connectivity index (χ0v) is 37.5. The van der Waals surface area contributed by atoms with Crippen LogP contribution in [0.4, 0.5) is 5.69 Å². The molecule has 336 valence electrons. The Balaban J connectivity index is 0.000000222. The lowest BCUT2D eigenvalue weighted by atomic mass is 9.76. The van der Waals surface area contributed by atoms with Crippen LogP contribution >= 0.6 is 0 Å². The van der Waals surface area contributed by atoms with Gasteiger partial charge in [0.25, 0.3) is 25.0 Å². The molecule has 0 saturated heterocycles. The minimum atomic E-state index is 0.216. The van der Waals surface area contributed by atoms with E-state index in [-0.39, 0.29) is 12.1 Å². The van der Waals surface area contributed by atoms with Crippen molar-refractivity contribution in [2.45, 2.75) is 122 Å². The second-order valence-corrected chi connectivity index (χ2v) is 16.2. The van der Waals surface area contributed by atoms with Crippen LogP contribution in [0.15, 0.2) is 106 Å². The Morgan fingerprint density at radius 3 is 1.78 bits per heavy atom. The highest BCUT2D eigenvalue weighted by Gasteiger charge is 2.26. The zero-order valence-electron chi connectivity index (χ0n) is 37.5. The molecule has 3 aliphatic rings. The summed E-state index contributed by atoms with van der Waals surface area (Å²) in [6.45, 7) is 9.71. The van der Waals surface area contributed by atoms with Crippen molar-refractivity contribution >= 4 is 34.5 Å². The number of aryl methyl sites for hydroxylation is 2. The molecule has 2 unspecified atom stereocenters. The first-order valence-corrected chi connectivity index (χ1v) is 21.9. The monoisotopic (exact) mass is 875 g/mol. The normalized spacial score (nSPS) is 20.1. The summed E-state index contributed by atoms with van der Waals surface area (Å²) in [5, 5.41) is 34.5. The summed E-state index contributed by atoms with van der Waals surface area (Å²) in [6, 6.07) is 25.9. The molecule has 13 nitrogen and oxygen atoms in total. The fourth-order valence-electron chi connectivity index (χ4n) is 8.19. The van der Waals surface area contributed by atoms with E-state index in [1.807, 2.05) is 44.2 Å². The predicted molar refractivity (Wildman–Crippen MR) is 248 cm³/mol. The lowest BCUT2D eigenvalue weighted by Crippen LogP contribution is -2.23. The van der Waals surface area contributed by atoms with Gasteiger partial charge in [-0.05, 0) is 163 Å². The van der Waals surface area contributed by atoms with Gasteiger partial charge in [0.05, 0.1) is 17.8 Å². The van der Waals surface area contributed by atoms with E-state index in [2.05, 4.69) is 43.8 Å². The number of aliphatic imine (C=N–C) groups is 3. The van der Waals surface area contributed by atoms with Gasteiger partial charge in [-0.25, -0.2) is 19.6 Å². The van der Waals surface area contributed by atoms with Crippen LogP contribution < -0.4 is 14.2 Å². The smallest absolute Gasteiger partial charge is 0.292 e. The Hall–Kier alpha value is -7.49. The number of rotatable bonds is 9. The fraction of sp³-hybridized carbons (Fsp3) is 0.423. The highest BCUT2D eigenvalue weighted by Crippen LogP contribution is 2.37. The molecule has 4 aromatic carbocycles. The molecular formula is C52H57N7O6. The van der Waals surface area contributed by atoms with Crippen LogP contribution in [0.5, 0.6) is 17.2 Å². The van der Waals surface area contributed by atoms with Crippen molar-refractivity contribution in [3.8, 4) is 42.3 Å². The van der Waals surface area contributed by atoms with E-state index < -0.39 is 0 Å². The van der Waals surface area contributed by atoms with Gasteiger partial charge < -0.3 is 18.9 Å². The number of carbonyl (C=O) groups excluding carboxylic acids is 2. The molecule has 13 heteroatoms. The van der Waals surface area contributed by atoms with Gasteiger partial charge in [0.2, 0.25) is 12.2 Å². The topological polar surface area (TPSA) is 203 Å². The second-order valence-electron chi connectivity index (χ2n) is 16.2. The minimum absolute atomic E-state index is 0.216. The molecule has 0 aromatic heterocycles. The van der Waals surface area contributed by atoms with Gasteiger partial charge >= 0.3 is 0 Å². The maximum Gasteiger partial charge on any atom is 0.292 e. The van der Waals surface area contributed by atoms with Crippen molar-refractivity contribution in [2.24, 2.45) is 32.7 Å². The summed E-state index contributed by atoms with van der Waals surface area (Å²) in [6.07, 6.45) is 25.7. The molecule has 4 aromatic rings. The minimum Gasteiger partial charge on any atom is -0.424 e. The van der Waals surface area contributed by atoms with Gasteiger partial charge in [-0.2, -0.15) is 10.3 Å². The molecular weight excluding hydrogens is 819 g/mol. The maximum absolute atomic E-state index is 10.3. The van der Waals surface area contributed by atoms with Crippen LogP contribution in [0.25, 0.3) is 10.8 Å². The summed E-state index contributed by atoms with van der Waals surface area (Å²) < 4.78 is 18.8. The first-order valence-electron chi connectivity index (χ1n) is 21.9. The SMILES string of the molecule is C=C=NC1CCC(CC2CCC(N=C=O)CC2)CC1.CC1CCCC(OC#N)C1.Cc1ccc(OC#N)cc1.Cc1cccc(OC#N)c1.N#COc1cccc2c(N=C=O)cccc12. The molecule has 2 atom stereocenters. The molecule has 3 fully saturated rings. The molecule has 0 aliphatic heterocycles. The summed E-state index contributed by atoms with van der Waals surface area (Å²) in [7, 11) is 0. The average molecular weight is 876 g/mol. The van der Waals surface area contributed by atoms with Gasteiger partial charge in [-0.1, -0.05) is 67.4 Å². The number of ether oxygens (including phenoxy) is 4. The van der Waals surface area contributed by atoms with Crippen LogP contribution in [-0.4, -0.2) is 36.2 Å². The first-order chi connectivity index (χ1) is 31.7. The molecule has 7 rings (SSSR count). The Bertz CT molecular complexity index is 2340. The van der Waals surface area contributed by atoms with Gasteiger partial charge in [0.1, 0.15) is 23.4 Å². The molecule has 65 heavy (non-hydrogen) atoms. The predicted octanol–water partition coefficient (Wildman–Crippen LogP) is 12.1. The van der Waals surface area contributed by atoms with Crippen LogP contribution in [0, 0.1) is 77.7 Å². The number of hydrogen-bond donors (Lipinski definition) is 0. The number of isocyanates is 2. The molecule has 0 radical (unpaired) electrons. The summed E-state index contributed by atoms with van der Waals surface area (Å²) >= 11 is 0. The lowest BCUT2D eigenvalue weighted by molar-refractivity contribution is 0.0984. The van der Waals surface area contributed by atoms with Crippen molar-refractivity contribution in [3.05, 3.63) is 103 Å². The van der Waals surface area contributed by atoms with Crippen molar-refractivity contribution in [1.29, 1.82) is 21.0 Å². The van der Waals surface area contributed by atoms with Crippen molar-refractivity contribution < 1.29 is 28.5 Å². The van der Waals surface area contributed by atoms with E-state index in [0.29, 0.717) is 29.0 Å². The lowest BCUT2D eigenvalue weighted by Gasteiger charge is -2.32. The number of hydrogen-bond acceptors (Lipinski definition) is 13. The third-order valence-electron chi connectivity index (χ3n) is 11.4. The maximum atomic E-state index is 10.3. The highest BCUT2D eigenvalue weighted by molar-refractivity contribution is 5.97. The van der Waals surface area contributed by atoms with Gasteiger partial charge in [-0.15, -0.1) is 15.8 Å². The molecule has 3 saturated carbocycles. The Morgan fingerprint density at radius 1 is 0.615 bits per heavy atom. The molecule has 0 N–H and O–H groups in total. The Kier molecular flexibility index (Phi) is 24.4. The van der Waals surface area contributed by atoms with Gasteiger partial charge in [-0.3, -0.25) is 0 Å². The standard InChI is InChI=1S/C16H24N2O.C12H6N2O2.C8H7NO.C8H13NO.C8H7NO/c1-2-17-15-7-3-13(4-8-15)11-14-5-9-16(10-6-14)18-12-19;13-7-16-12-6-2-3-9-10(12)4-1-5-11(9)14-8-15;1-7-2-4-8(5-3-7)10-6-9;2*1-7-3-2-4-8(5-7)10-6-9/h13-16H,1,3-11H2;1-6H;2-5H,1H3;7-8H,2-5H2,1H3;2-5H,1H3. The summed E-state index contributed by atoms with van der Waals surface area (Å²) in [5.74, 6) is 6.80. The zero-order chi connectivity index (χ0) is 47.1. The van der Waals surface area contributed by atoms with Crippen molar-refractivity contribution in [1.82, 2.24) is 0 Å². The fourth-order valence-corrected chi connectivity index (χ4v) is 8.19. The van der Waals surface area contributed by atoms with E-state index in [1.54, 1.807) is 85.7 Å². The number of benzene rings is 4. The number of nitriles is 4. The van der Waals surface area contributed by atoms with E-state index in [9.17, 15) is 9.59 Å². The van der Waals surface area contributed by atoms with Crippen LogP contribution in [0.1, 0.15) is 102 Å². The van der Waals surface area contributed by atoms with Crippen molar-refractivity contribution in [2.75, 3.05) is 0 Å². The van der Waals surface area contributed by atoms with Crippen LogP contribution in [-0.2, 0) is 14.3 Å². The second kappa shape index (κ2) is 30.5. The quantitative estimate of drug-likeness (QED) is 0.0884. The number of fused-ring (bicyclic) bond motifs is 1. The van der Waals surface area contributed by atoms with E-state index in [0.717, 1.165) is 65.3 Å². The summed E-state index contributed by atoms with van der Waals surface area (Å²) in [4.78, 5) is 32.2. The van der Waals surface area contributed by atoms with E-state index in [4.69, 9.17) is 30.5 Å². The third-order valence-corrected chi connectivity index (χ3v) is 11.4. The van der Waals surface area contributed by atoms with Crippen LogP contribution in [0.3, 0.4) is 0 Å². The molecule has 0 bridgehead atoms. The molecule has 0 spiro atoms. The first kappa shape index (κ1) is 51.9. The molecule has 0 heterocycles. The average Bonchev–Trinajstić information content (AvgIpc) is 3.31. The van der Waals surface area contributed by atoms with Gasteiger partial charge in [0, 0.05) is 10.8 Å². The largest absolute Gasteiger partial charge is 0.424 e. The number of nitrogens with zero attached hydrogens (tertiary/aromatic N) is 7. The van der Waals surface area contributed by atoms with Crippen LogP contribution in [0.2, 0.25) is 0 Å². The Labute approximate surface area is 383 Å². The van der Waals surface area contributed by atoms with E-state index in [1.165, 1.54) is 63.9 Å². The van der Waals surface area contributed by atoms with Gasteiger partial charge in [0.15, 0.2) is 0 Å². The van der Waals surface area contributed by atoms with Crippen molar-refractivity contribution in [3.63, 3.8) is 0 Å². The third kappa shape index (κ3) is 20.1. The summed E-state index contributed by atoms with van der Waals surface area (Å²) in [5.41, 5.74) is 2.76. The molecule has 3 aliphatic carbocycles. The Morgan fingerprint density at radius 2 is 1.22 bits per heavy atom. The van der Waals surface area contributed by atoms with E-state index >= 15 is 0 Å². The molecule has 0 amide bonds.